The third kappa shape index (κ3) is 8.94. The highest BCUT2D eigenvalue weighted by Crippen LogP contribution is 2.38. The van der Waals surface area contributed by atoms with Gasteiger partial charge in [0.1, 0.15) is 23.3 Å². The predicted octanol–water partition coefficient (Wildman–Crippen LogP) is 6.80. The molecule has 1 atom stereocenters. The second-order valence-electron chi connectivity index (χ2n) is 10.1. The third-order valence-electron chi connectivity index (χ3n) is 5.67. The summed E-state index contributed by atoms with van der Waals surface area (Å²) in [6, 6.07) is 6.60. The van der Waals surface area contributed by atoms with Crippen molar-refractivity contribution in [1.29, 1.82) is 0 Å². The number of ether oxygens (including phenoxy) is 1. The SMILES string of the molecule is CC(C)(C)OC(=O)N[C@H]1CSc2cc(F)c(C(=O)CCCCC(F)(F)F)cc2N(Cc2ccc(F)cc2)C1=O. The molecular weight excluding hydrogens is 543 g/mol. The standard InChI is InChI=1S/C27H29F5N2O4S/c1-26(2,3)38-25(37)33-20-15-39-23-13-19(29)18(22(35)6-4-5-11-27(30,31)32)12-21(23)34(24(20)36)14-16-7-9-17(28)10-8-16/h7-10,12-13,20H,4-6,11,14-15H2,1-3H3,(H,33,37)/t20-/m0/s1. The Morgan fingerprint density at radius 1 is 1.08 bits per heavy atom. The number of nitrogens with one attached hydrogen (secondary N) is 1. The summed E-state index contributed by atoms with van der Waals surface area (Å²) in [5.41, 5.74) is -0.442. The van der Waals surface area contributed by atoms with Crippen molar-refractivity contribution in [2.45, 2.75) is 75.7 Å². The Bertz CT molecular complexity index is 1210. The average Bonchev–Trinajstić information content (AvgIpc) is 2.93. The van der Waals surface area contributed by atoms with Crippen LogP contribution in [0.2, 0.25) is 0 Å². The Hall–Kier alpha value is -3.15. The van der Waals surface area contributed by atoms with E-state index < -0.39 is 53.7 Å². The van der Waals surface area contributed by atoms with Gasteiger partial charge in [-0.25, -0.2) is 13.6 Å². The van der Waals surface area contributed by atoms with Crippen molar-refractivity contribution < 1.29 is 41.1 Å². The third-order valence-corrected chi connectivity index (χ3v) is 6.81. The van der Waals surface area contributed by atoms with Gasteiger partial charge in [-0.05, 0) is 63.4 Å². The van der Waals surface area contributed by atoms with Gasteiger partial charge in [0.15, 0.2) is 5.78 Å². The molecule has 0 aromatic heterocycles. The van der Waals surface area contributed by atoms with Gasteiger partial charge in [-0.1, -0.05) is 12.1 Å². The summed E-state index contributed by atoms with van der Waals surface area (Å²) in [7, 11) is 0. The van der Waals surface area contributed by atoms with Crippen molar-refractivity contribution >= 4 is 35.2 Å². The van der Waals surface area contributed by atoms with Crippen LogP contribution in [0.4, 0.5) is 32.4 Å². The molecule has 39 heavy (non-hydrogen) atoms. The van der Waals surface area contributed by atoms with Crippen LogP contribution < -0.4 is 10.2 Å². The summed E-state index contributed by atoms with van der Waals surface area (Å²) < 4.78 is 71.0. The molecule has 0 aliphatic carbocycles. The largest absolute Gasteiger partial charge is 0.444 e. The van der Waals surface area contributed by atoms with Crippen LogP contribution in [0.1, 0.15) is 62.4 Å². The van der Waals surface area contributed by atoms with Crippen molar-refractivity contribution in [1.82, 2.24) is 5.32 Å². The second-order valence-corrected chi connectivity index (χ2v) is 11.2. The maximum atomic E-state index is 15.0. The summed E-state index contributed by atoms with van der Waals surface area (Å²) in [6.45, 7) is 4.91. The van der Waals surface area contributed by atoms with Crippen molar-refractivity contribution in [3.8, 4) is 0 Å². The van der Waals surface area contributed by atoms with Gasteiger partial charge in [0, 0.05) is 23.5 Å². The highest BCUT2D eigenvalue weighted by molar-refractivity contribution is 7.99. The lowest BCUT2D eigenvalue weighted by molar-refractivity contribution is -0.135. The number of ketones is 1. The Morgan fingerprint density at radius 2 is 1.74 bits per heavy atom. The number of nitrogens with zero attached hydrogens (tertiary/aromatic N) is 1. The van der Waals surface area contributed by atoms with Crippen molar-refractivity contribution in [3.63, 3.8) is 0 Å². The van der Waals surface area contributed by atoms with Crippen LogP contribution in [0.3, 0.4) is 0 Å². The van der Waals surface area contributed by atoms with Crippen LogP contribution in [0, 0.1) is 11.6 Å². The van der Waals surface area contributed by atoms with Gasteiger partial charge < -0.3 is 15.0 Å². The second kappa shape index (κ2) is 12.4. The molecule has 6 nitrogen and oxygen atoms in total. The topological polar surface area (TPSA) is 75.7 Å². The molecule has 212 valence electrons. The van der Waals surface area contributed by atoms with E-state index >= 15 is 0 Å². The van der Waals surface area contributed by atoms with Gasteiger partial charge in [-0.2, -0.15) is 13.2 Å². The molecule has 1 aliphatic rings. The number of thioether (sulfide) groups is 1. The molecule has 0 fully saturated rings. The number of fused-ring (bicyclic) bond motifs is 1. The van der Waals surface area contributed by atoms with Gasteiger partial charge in [0.2, 0.25) is 0 Å². The molecule has 0 spiro atoms. The molecule has 2 aromatic rings. The monoisotopic (exact) mass is 572 g/mol. The van der Waals surface area contributed by atoms with E-state index in [0.29, 0.717) is 10.5 Å². The number of unbranched alkanes of at least 4 members (excludes halogenated alkanes) is 1. The molecule has 2 amide bonds. The molecule has 12 heteroatoms. The van der Waals surface area contributed by atoms with E-state index in [0.717, 1.165) is 17.8 Å². The lowest BCUT2D eigenvalue weighted by atomic mass is 10.0. The number of Topliss-reactive ketones (excluding diaryl/α,β-unsaturated/α-hetero) is 1. The van der Waals surface area contributed by atoms with E-state index in [4.69, 9.17) is 4.74 Å². The van der Waals surface area contributed by atoms with Crippen LogP contribution in [-0.2, 0) is 16.1 Å². The fourth-order valence-corrected chi connectivity index (χ4v) is 4.95. The summed E-state index contributed by atoms with van der Waals surface area (Å²) in [5.74, 6) is -2.57. The number of carbonyl (C=O) groups excluding carboxylic acids is 3. The van der Waals surface area contributed by atoms with Gasteiger partial charge in [0.05, 0.1) is 17.8 Å². The lowest BCUT2D eigenvalue weighted by Crippen LogP contribution is -2.50. The van der Waals surface area contributed by atoms with E-state index in [1.165, 1.54) is 35.2 Å². The molecule has 0 saturated heterocycles. The first-order chi connectivity index (χ1) is 18.1. The number of amides is 2. The summed E-state index contributed by atoms with van der Waals surface area (Å²) in [5, 5.41) is 2.54. The zero-order valence-electron chi connectivity index (χ0n) is 21.7. The smallest absolute Gasteiger partial charge is 0.408 e. The lowest BCUT2D eigenvalue weighted by Gasteiger charge is -2.27. The van der Waals surface area contributed by atoms with E-state index in [9.17, 15) is 36.3 Å². The Labute approximate surface area is 227 Å². The van der Waals surface area contributed by atoms with Gasteiger partial charge in [-0.3, -0.25) is 9.59 Å². The van der Waals surface area contributed by atoms with E-state index in [2.05, 4.69) is 5.32 Å². The number of halogens is 5. The maximum absolute atomic E-state index is 15.0. The molecule has 0 saturated carbocycles. The Morgan fingerprint density at radius 3 is 2.36 bits per heavy atom. The number of benzene rings is 2. The van der Waals surface area contributed by atoms with Gasteiger partial charge >= 0.3 is 12.3 Å². The minimum Gasteiger partial charge on any atom is -0.444 e. The van der Waals surface area contributed by atoms with E-state index in [-0.39, 0.29) is 42.8 Å². The fraction of sp³-hybridized carbons (Fsp3) is 0.444. The maximum Gasteiger partial charge on any atom is 0.408 e. The highest BCUT2D eigenvalue weighted by Gasteiger charge is 2.34. The fourth-order valence-electron chi connectivity index (χ4n) is 3.87. The minimum absolute atomic E-state index is 0.0369. The van der Waals surface area contributed by atoms with Crippen LogP contribution in [0.25, 0.3) is 0 Å². The molecule has 3 rings (SSSR count). The molecule has 0 bridgehead atoms. The summed E-state index contributed by atoms with van der Waals surface area (Å²) in [6.07, 6.45) is -6.87. The van der Waals surface area contributed by atoms with Crippen molar-refractivity contribution in [3.05, 3.63) is 59.2 Å². The molecule has 1 aliphatic heterocycles. The number of anilines is 1. The molecule has 1 N–H and O–H groups in total. The number of alkyl carbamates (subject to hydrolysis) is 1. The van der Waals surface area contributed by atoms with Crippen LogP contribution in [0.5, 0.6) is 0 Å². The van der Waals surface area contributed by atoms with Gasteiger partial charge in [0.25, 0.3) is 5.91 Å². The minimum atomic E-state index is -4.35. The predicted molar refractivity (Wildman–Crippen MR) is 137 cm³/mol. The van der Waals surface area contributed by atoms with Crippen LogP contribution in [0.15, 0.2) is 41.3 Å². The number of carbonyl (C=O) groups is 3. The summed E-state index contributed by atoms with van der Waals surface area (Å²) >= 11 is 1.09. The average molecular weight is 573 g/mol. The van der Waals surface area contributed by atoms with Crippen molar-refractivity contribution in [2.24, 2.45) is 0 Å². The number of rotatable bonds is 8. The first-order valence-electron chi connectivity index (χ1n) is 12.2. The van der Waals surface area contributed by atoms with Crippen molar-refractivity contribution in [2.75, 3.05) is 10.7 Å². The number of hydrogen-bond acceptors (Lipinski definition) is 5. The quantitative estimate of drug-likeness (QED) is 0.214. The Balaban J connectivity index is 1.91. The first-order valence-corrected chi connectivity index (χ1v) is 13.2. The zero-order valence-corrected chi connectivity index (χ0v) is 22.5. The first kappa shape index (κ1) is 30.4. The summed E-state index contributed by atoms with van der Waals surface area (Å²) in [4.78, 5) is 40.4. The van der Waals surface area contributed by atoms with E-state index in [1.54, 1.807) is 20.8 Å². The number of hydrogen-bond donors (Lipinski definition) is 1. The highest BCUT2D eigenvalue weighted by atomic mass is 32.2. The molecule has 0 radical (unpaired) electrons. The molecular formula is C27H29F5N2O4S. The van der Waals surface area contributed by atoms with Crippen LogP contribution >= 0.6 is 11.8 Å². The Kier molecular flexibility index (Phi) is 9.63. The number of alkyl halides is 3. The zero-order chi connectivity index (χ0) is 29.0. The molecule has 1 heterocycles. The van der Waals surface area contributed by atoms with E-state index in [1.807, 2.05) is 0 Å². The molecule has 0 unspecified atom stereocenters. The van der Waals surface area contributed by atoms with Crippen LogP contribution in [-0.4, -0.2) is 41.4 Å². The normalized spacial score (nSPS) is 15.9. The molecule has 2 aromatic carbocycles. The van der Waals surface area contributed by atoms with Gasteiger partial charge in [-0.15, -0.1) is 11.8 Å².